The second kappa shape index (κ2) is 8.60. The Kier molecular flexibility index (Phi) is 6.08. The molecule has 4 rings (SSSR count). The number of primary amides is 1. The number of rotatable bonds is 4. The number of methoxy groups -OCH3 is 1. The number of Topliss-reactive ketones (excluding diaryl/α,β-unsaturated/α-hetero) is 2. The Morgan fingerprint density at radius 3 is 2.27 bits per heavy atom. The van der Waals surface area contributed by atoms with Crippen molar-refractivity contribution in [3.05, 3.63) is 39.7 Å². The summed E-state index contributed by atoms with van der Waals surface area (Å²) in [5.74, 6) is -8.46. The molecule has 0 saturated heterocycles. The number of ether oxygens (including phenoxy) is 1. The van der Waals surface area contributed by atoms with Gasteiger partial charge in [-0.15, -0.1) is 0 Å². The molecule has 198 valence electrons. The van der Waals surface area contributed by atoms with Gasteiger partial charge in [-0.3, -0.25) is 19.3 Å². The van der Waals surface area contributed by atoms with Crippen molar-refractivity contribution in [1.82, 2.24) is 4.90 Å². The first-order valence-electron chi connectivity index (χ1n) is 11.5. The number of nitrogens with two attached hydrogens (primary N) is 1. The Morgan fingerprint density at radius 1 is 1.14 bits per heavy atom. The van der Waals surface area contributed by atoms with Crippen LogP contribution < -0.4 is 10.6 Å². The lowest BCUT2D eigenvalue weighted by molar-refractivity contribution is -0.153. The number of hydrogen-bond donors (Lipinski definition) is 5. The number of carbonyl (C=O) groups excluding carboxylic acids is 4. The maximum absolute atomic E-state index is 13.9. The Morgan fingerprint density at radius 2 is 1.76 bits per heavy atom. The number of aliphatic hydroxyl groups is 3. The number of ketones is 2. The number of phenols is 1. The van der Waals surface area contributed by atoms with E-state index in [4.69, 9.17) is 10.5 Å². The van der Waals surface area contributed by atoms with Crippen molar-refractivity contribution in [2.24, 2.45) is 17.6 Å². The predicted molar refractivity (Wildman–Crippen MR) is 130 cm³/mol. The van der Waals surface area contributed by atoms with Gasteiger partial charge in [0.15, 0.2) is 11.4 Å². The van der Waals surface area contributed by atoms with E-state index in [1.54, 1.807) is 19.0 Å². The molecular weight excluding hydrogens is 486 g/mol. The van der Waals surface area contributed by atoms with Crippen molar-refractivity contribution < 1.29 is 44.3 Å². The zero-order valence-corrected chi connectivity index (χ0v) is 21.0. The van der Waals surface area contributed by atoms with E-state index in [1.807, 2.05) is 0 Å². The lowest BCUT2D eigenvalue weighted by atomic mass is 9.57. The van der Waals surface area contributed by atoms with Gasteiger partial charge in [0.2, 0.25) is 5.78 Å². The molecule has 1 saturated carbocycles. The third-order valence-corrected chi connectivity index (χ3v) is 7.58. The van der Waals surface area contributed by atoms with E-state index < -0.39 is 69.8 Å². The lowest BCUT2D eigenvalue weighted by Gasteiger charge is -2.50. The normalized spacial score (nSPS) is 27.1. The molecule has 0 radical (unpaired) electrons. The van der Waals surface area contributed by atoms with Crippen LogP contribution in [0.25, 0.3) is 5.76 Å². The molecule has 12 nitrogen and oxygen atoms in total. The summed E-state index contributed by atoms with van der Waals surface area (Å²) in [5, 5.41) is 44.8. The number of aliphatic hydroxyl groups excluding tert-OH is 2. The van der Waals surface area contributed by atoms with Gasteiger partial charge >= 0.3 is 5.97 Å². The van der Waals surface area contributed by atoms with Crippen LogP contribution in [0.4, 0.5) is 5.69 Å². The van der Waals surface area contributed by atoms with Gasteiger partial charge in [0.1, 0.15) is 28.4 Å². The standard InChI is InChI=1S/C25H29N3O9/c1-27(2)13-8-11(24(35)37-5)18(29)15-10(13)6-9-7-12-17(28(3)4)20(31)16(23(26)34)22(33)25(12,36)21(32)14(9)19(15)30/h8-9,12,17,29-30,33,36H,6-7H2,1-5H3,(H2,26,34)/t9-,12-,17?,25-/m1/s1. The molecule has 1 unspecified atom stereocenters. The van der Waals surface area contributed by atoms with Crippen LogP contribution in [0, 0.1) is 11.8 Å². The minimum absolute atomic E-state index is 0.0296. The number of esters is 1. The van der Waals surface area contributed by atoms with E-state index in [0.717, 1.165) is 7.11 Å². The summed E-state index contributed by atoms with van der Waals surface area (Å²) in [6, 6.07) is 0.251. The number of anilines is 1. The first kappa shape index (κ1) is 26.2. The average molecular weight is 516 g/mol. The van der Waals surface area contributed by atoms with Gasteiger partial charge in [-0.05, 0) is 44.5 Å². The van der Waals surface area contributed by atoms with Crippen LogP contribution in [0.15, 0.2) is 23.0 Å². The summed E-state index contributed by atoms with van der Waals surface area (Å²) in [7, 11) is 7.59. The third kappa shape index (κ3) is 3.43. The van der Waals surface area contributed by atoms with Crippen LogP contribution in [0.3, 0.4) is 0 Å². The molecule has 4 atom stereocenters. The third-order valence-electron chi connectivity index (χ3n) is 7.58. The molecule has 1 fully saturated rings. The minimum Gasteiger partial charge on any atom is -0.508 e. The molecule has 1 aromatic rings. The molecule has 0 aliphatic heterocycles. The molecule has 3 aliphatic rings. The fraction of sp³-hybridized carbons (Fsp3) is 0.440. The predicted octanol–water partition coefficient (Wildman–Crippen LogP) is -0.183. The Labute approximate surface area is 212 Å². The van der Waals surface area contributed by atoms with Crippen LogP contribution in [0.1, 0.15) is 27.9 Å². The number of nitrogens with zero attached hydrogens (tertiary/aromatic N) is 2. The summed E-state index contributed by atoms with van der Waals surface area (Å²) >= 11 is 0. The maximum Gasteiger partial charge on any atom is 0.341 e. The zero-order valence-electron chi connectivity index (χ0n) is 21.0. The Hall–Kier alpha value is -3.90. The van der Waals surface area contributed by atoms with Crippen molar-refractivity contribution >= 4 is 34.9 Å². The van der Waals surface area contributed by atoms with Crippen LogP contribution in [0.5, 0.6) is 5.75 Å². The number of fused-ring (bicyclic) bond motifs is 3. The van der Waals surface area contributed by atoms with Gasteiger partial charge in [0.05, 0.1) is 18.7 Å². The summed E-state index contributed by atoms with van der Waals surface area (Å²) in [4.78, 5) is 54.5. The fourth-order valence-corrected chi connectivity index (χ4v) is 5.96. The Bertz CT molecular complexity index is 1330. The van der Waals surface area contributed by atoms with Gasteiger partial charge in [-0.25, -0.2) is 4.79 Å². The van der Waals surface area contributed by atoms with Crippen LogP contribution in [-0.2, 0) is 25.5 Å². The van der Waals surface area contributed by atoms with E-state index >= 15 is 0 Å². The highest BCUT2D eigenvalue weighted by molar-refractivity contribution is 6.24. The molecule has 0 aromatic heterocycles. The second-order valence-corrected chi connectivity index (χ2v) is 9.99. The first-order valence-corrected chi connectivity index (χ1v) is 11.5. The van der Waals surface area contributed by atoms with Gasteiger partial charge in [-0.1, -0.05) is 0 Å². The molecule has 0 spiro atoms. The monoisotopic (exact) mass is 515 g/mol. The smallest absolute Gasteiger partial charge is 0.341 e. The van der Waals surface area contributed by atoms with Gasteiger partial charge in [0, 0.05) is 31.3 Å². The molecule has 1 amide bonds. The molecule has 1 aromatic carbocycles. The van der Waals surface area contributed by atoms with Crippen LogP contribution in [-0.4, -0.2) is 95.7 Å². The number of amides is 1. The quantitative estimate of drug-likeness (QED) is 0.264. The number of carbonyl (C=O) groups is 4. The number of aromatic hydroxyl groups is 1. The van der Waals surface area contributed by atoms with Crippen molar-refractivity contribution in [2.75, 3.05) is 40.2 Å². The summed E-state index contributed by atoms with van der Waals surface area (Å²) in [6.07, 6.45) is 0.0786. The van der Waals surface area contributed by atoms with Crippen molar-refractivity contribution in [3.63, 3.8) is 0 Å². The van der Waals surface area contributed by atoms with Crippen molar-refractivity contribution in [1.29, 1.82) is 0 Å². The first-order chi connectivity index (χ1) is 17.2. The highest BCUT2D eigenvalue weighted by Crippen LogP contribution is 2.54. The van der Waals surface area contributed by atoms with Gasteiger partial charge in [-0.2, -0.15) is 0 Å². The van der Waals surface area contributed by atoms with Crippen molar-refractivity contribution in [2.45, 2.75) is 24.5 Å². The number of benzene rings is 1. The molecule has 3 aliphatic carbocycles. The topological polar surface area (TPSA) is 191 Å². The number of phenolic OH excluding ortho intramolecular Hbond substituents is 1. The maximum atomic E-state index is 13.9. The van der Waals surface area contributed by atoms with E-state index in [0.29, 0.717) is 11.3 Å². The van der Waals surface area contributed by atoms with Gasteiger partial charge in [0.25, 0.3) is 5.91 Å². The highest BCUT2D eigenvalue weighted by atomic mass is 16.5. The lowest BCUT2D eigenvalue weighted by Crippen LogP contribution is -2.65. The molecule has 6 N–H and O–H groups in total. The minimum atomic E-state index is -2.73. The summed E-state index contributed by atoms with van der Waals surface area (Å²) < 4.78 is 4.74. The second-order valence-electron chi connectivity index (χ2n) is 9.99. The Balaban J connectivity index is 2.02. The van der Waals surface area contributed by atoms with Crippen LogP contribution in [0.2, 0.25) is 0 Å². The highest BCUT2D eigenvalue weighted by Gasteiger charge is 2.64. The van der Waals surface area contributed by atoms with Crippen LogP contribution >= 0.6 is 0 Å². The molecule has 0 heterocycles. The van der Waals surface area contributed by atoms with Gasteiger partial charge < -0.3 is 35.8 Å². The zero-order chi connectivity index (χ0) is 27.7. The molecule has 12 heteroatoms. The van der Waals surface area contributed by atoms with E-state index in [2.05, 4.69) is 0 Å². The fourth-order valence-electron chi connectivity index (χ4n) is 5.96. The largest absolute Gasteiger partial charge is 0.508 e. The van der Waals surface area contributed by atoms with Crippen molar-refractivity contribution in [3.8, 4) is 5.75 Å². The van der Waals surface area contributed by atoms with E-state index in [1.165, 1.54) is 25.1 Å². The molecular formula is C25H29N3O9. The SMILES string of the molecule is COC(=O)c1cc(N(C)C)c2c(c1O)C(O)=C1C(=O)[C@@]3(O)C(O)=C(C(N)=O)C(=O)C(N(C)C)[C@H]3C[C@H]1C2. The van der Waals surface area contributed by atoms with E-state index in [-0.39, 0.29) is 29.5 Å². The number of hydrogen-bond acceptors (Lipinski definition) is 11. The molecule has 37 heavy (non-hydrogen) atoms. The molecule has 0 bridgehead atoms. The number of likely N-dealkylation sites (N-methyl/N-ethyl adjacent to an activating group) is 1. The summed E-state index contributed by atoms with van der Waals surface area (Å²) in [5.41, 5.74) is 1.91. The summed E-state index contributed by atoms with van der Waals surface area (Å²) in [6.45, 7) is 0. The van der Waals surface area contributed by atoms with E-state index in [9.17, 15) is 39.6 Å². The average Bonchev–Trinajstić information content (AvgIpc) is 2.80.